The van der Waals surface area contributed by atoms with Crippen LogP contribution in [0.4, 0.5) is 0 Å². The van der Waals surface area contributed by atoms with Crippen molar-refractivity contribution in [1.82, 2.24) is 0 Å². The average Bonchev–Trinajstić information content (AvgIpc) is 2.62. The maximum atomic E-state index is 13.0. The lowest BCUT2D eigenvalue weighted by Crippen LogP contribution is -2.23. The lowest BCUT2D eigenvalue weighted by atomic mass is 9.74. The number of hydrogen-bond acceptors (Lipinski definition) is 2. The van der Waals surface area contributed by atoms with Crippen LogP contribution in [0, 0.1) is 11.8 Å². The molecule has 0 aromatic carbocycles. The number of carbonyl (C=O) groups excluding carboxylic acids is 1. The standard InChI is InChI=1S/C23H31NO/c1-6-9-19(12-13-24-5)23(25)18(4)17(3)22-15-16(2)14-20-10-7-8-11-21(20)22/h10-11,15,17,19H,2,4-9,12-14H2,1,3H3. The summed E-state index contributed by atoms with van der Waals surface area (Å²) in [5.41, 5.74) is 5.71. The molecule has 0 saturated carbocycles. The van der Waals surface area contributed by atoms with Crippen molar-refractivity contribution < 1.29 is 4.79 Å². The largest absolute Gasteiger partial charge is 0.301 e. The van der Waals surface area contributed by atoms with Crippen molar-refractivity contribution in [2.75, 3.05) is 6.54 Å². The second-order valence-electron chi connectivity index (χ2n) is 7.19. The van der Waals surface area contributed by atoms with E-state index >= 15 is 0 Å². The Morgan fingerprint density at radius 3 is 2.68 bits per heavy atom. The van der Waals surface area contributed by atoms with E-state index in [2.05, 4.69) is 56.9 Å². The molecular formula is C23H31NO. The van der Waals surface area contributed by atoms with E-state index < -0.39 is 0 Å². The molecule has 0 radical (unpaired) electrons. The summed E-state index contributed by atoms with van der Waals surface area (Å²) in [4.78, 5) is 16.9. The van der Waals surface area contributed by atoms with Gasteiger partial charge in [0.15, 0.2) is 5.78 Å². The van der Waals surface area contributed by atoms with Gasteiger partial charge in [0.05, 0.1) is 0 Å². The van der Waals surface area contributed by atoms with Gasteiger partial charge < -0.3 is 4.99 Å². The van der Waals surface area contributed by atoms with Crippen molar-refractivity contribution in [2.45, 2.75) is 52.4 Å². The topological polar surface area (TPSA) is 29.4 Å². The van der Waals surface area contributed by atoms with Crippen LogP contribution in [0.15, 0.2) is 64.2 Å². The number of ketones is 1. The van der Waals surface area contributed by atoms with Gasteiger partial charge in [0.1, 0.15) is 0 Å². The zero-order chi connectivity index (χ0) is 18.4. The number of nitrogens with zero attached hydrogens (tertiary/aromatic N) is 1. The first-order chi connectivity index (χ1) is 12.0. The Labute approximate surface area is 152 Å². The SMILES string of the molecule is C=NCCC(CCC)C(=O)C(=C)C(C)C1=CC(=C)CC2=CCCC=C21. The highest BCUT2D eigenvalue weighted by atomic mass is 16.1. The van der Waals surface area contributed by atoms with Crippen molar-refractivity contribution in [1.29, 1.82) is 0 Å². The monoisotopic (exact) mass is 337 g/mol. The van der Waals surface area contributed by atoms with Gasteiger partial charge in [0.25, 0.3) is 0 Å². The molecule has 0 N–H and O–H groups in total. The highest BCUT2D eigenvalue weighted by molar-refractivity contribution is 5.97. The molecule has 134 valence electrons. The van der Waals surface area contributed by atoms with E-state index in [0.29, 0.717) is 12.1 Å². The van der Waals surface area contributed by atoms with Gasteiger partial charge in [0.2, 0.25) is 0 Å². The minimum atomic E-state index is 0.00758. The lowest BCUT2D eigenvalue weighted by Gasteiger charge is -2.29. The molecule has 2 unspecified atom stereocenters. The third-order valence-electron chi connectivity index (χ3n) is 5.29. The average molecular weight is 338 g/mol. The van der Waals surface area contributed by atoms with E-state index in [1.807, 2.05) is 0 Å². The molecule has 0 aliphatic heterocycles. The van der Waals surface area contributed by atoms with Gasteiger partial charge in [-0.05, 0) is 61.1 Å². The number of aliphatic imine (C=N–C) groups is 1. The minimum Gasteiger partial charge on any atom is -0.301 e. The summed E-state index contributed by atoms with van der Waals surface area (Å²) in [5.74, 6) is 0.221. The molecule has 0 amide bonds. The quantitative estimate of drug-likeness (QED) is 0.387. The highest BCUT2D eigenvalue weighted by Crippen LogP contribution is 2.40. The van der Waals surface area contributed by atoms with Crippen LogP contribution < -0.4 is 0 Å². The molecule has 2 rings (SSSR count). The second kappa shape index (κ2) is 8.94. The number of fused-ring (bicyclic) bond motifs is 1. The summed E-state index contributed by atoms with van der Waals surface area (Å²) in [6, 6.07) is 0. The minimum absolute atomic E-state index is 0.00758. The summed E-state index contributed by atoms with van der Waals surface area (Å²) in [5, 5.41) is 0. The molecule has 0 heterocycles. The first kappa shape index (κ1) is 19.4. The fraction of sp³-hybridized carbons (Fsp3) is 0.478. The number of hydrogen-bond donors (Lipinski definition) is 0. The van der Waals surface area contributed by atoms with Gasteiger partial charge >= 0.3 is 0 Å². The fourth-order valence-corrected chi connectivity index (χ4v) is 3.81. The Morgan fingerprint density at radius 1 is 1.28 bits per heavy atom. The van der Waals surface area contributed by atoms with Crippen LogP contribution in [-0.4, -0.2) is 19.0 Å². The molecule has 25 heavy (non-hydrogen) atoms. The number of Topliss-reactive ketones (excluding diaryl/α,β-unsaturated/α-hetero) is 1. The van der Waals surface area contributed by atoms with Gasteiger partial charge in [-0.3, -0.25) is 4.79 Å². The Kier molecular flexibility index (Phi) is 6.92. The molecule has 0 aromatic rings. The van der Waals surface area contributed by atoms with Crippen molar-refractivity contribution >= 4 is 12.5 Å². The third-order valence-corrected chi connectivity index (χ3v) is 5.29. The molecule has 0 spiro atoms. The van der Waals surface area contributed by atoms with Gasteiger partial charge in [-0.1, -0.05) is 57.2 Å². The normalized spacial score (nSPS) is 19.1. The first-order valence-electron chi connectivity index (χ1n) is 9.44. The Balaban J connectivity index is 2.21. The lowest BCUT2D eigenvalue weighted by molar-refractivity contribution is -0.119. The van der Waals surface area contributed by atoms with E-state index in [4.69, 9.17) is 0 Å². The van der Waals surface area contributed by atoms with Crippen LogP contribution in [0.1, 0.15) is 52.4 Å². The Bertz CT molecular complexity index is 660. The van der Waals surface area contributed by atoms with E-state index in [1.54, 1.807) is 0 Å². The molecule has 2 atom stereocenters. The number of allylic oxidation sites excluding steroid dienone is 8. The number of rotatable bonds is 9. The van der Waals surface area contributed by atoms with Crippen LogP contribution in [-0.2, 0) is 4.79 Å². The predicted octanol–water partition coefficient (Wildman–Crippen LogP) is 5.79. The molecule has 2 aliphatic rings. The molecule has 0 saturated heterocycles. The predicted molar refractivity (Wildman–Crippen MR) is 108 cm³/mol. The zero-order valence-corrected chi connectivity index (χ0v) is 15.8. The van der Waals surface area contributed by atoms with Crippen LogP contribution in [0.25, 0.3) is 0 Å². The van der Waals surface area contributed by atoms with Gasteiger partial charge in [-0.15, -0.1) is 0 Å². The highest BCUT2D eigenvalue weighted by Gasteiger charge is 2.29. The maximum absolute atomic E-state index is 13.0. The molecule has 2 heteroatoms. The zero-order valence-electron chi connectivity index (χ0n) is 15.8. The summed E-state index contributed by atoms with van der Waals surface area (Å²) in [6.07, 6.45) is 12.5. The summed E-state index contributed by atoms with van der Waals surface area (Å²) in [7, 11) is 0. The van der Waals surface area contributed by atoms with E-state index in [-0.39, 0.29) is 17.6 Å². The molecule has 0 bridgehead atoms. The summed E-state index contributed by atoms with van der Waals surface area (Å²) in [6.45, 7) is 16.8. The van der Waals surface area contributed by atoms with Gasteiger partial charge in [0, 0.05) is 18.4 Å². The van der Waals surface area contributed by atoms with E-state index in [9.17, 15) is 4.79 Å². The Hall–Kier alpha value is -1.96. The first-order valence-corrected chi connectivity index (χ1v) is 9.44. The van der Waals surface area contributed by atoms with Crippen LogP contribution in [0.3, 0.4) is 0 Å². The van der Waals surface area contributed by atoms with Crippen molar-refractivity contribution in [3.63, 3.8) is 0 Å². The van der Waals surface area contributed by atoms with E-state index in [1.165, 1.54) is 16.7 Å². The maximum Gasteiger partial charge on any atom is 0.162 e. The summed E-state index contributed by atoms with van der Waals surface area (Å²) < 4.78 is 0. The molecule has 2 nitrogen and oxygen atoms in total. The van der Waals surface area contributed by atoms with Crippen molar-refractivity contribution in [2.24, 2.45) is 16.8 Å². The molecule has 2 aliphatic carbocycles. The number of carbonyl (C=O) groups is 1. The van der Waals surface area contributed by atoms with Gasteiger partial charge in [-0.25, -0.2) is 0 Å². The van der Waals surface area contributed by atoms with Gasteiger partial charge in [-0.2, -0.15) is 0 Å². The van der Waals surface area contributed by atoms with Crippen LogP contribution in [0.2, 0.25) is 0 Å². The van der Waals surface area contributed by atoms with Crippen molar-refractivity contribution in [3.05, 3.63) is 59.3 Å². The summed E-state index contributed by atoms with van der Waals surface area (Å²) >= 11 is 0. The third kappa shape index (κ3) is 4.56. The van der Waals surface area contributed by atoms with Crippen molar-refractivity contribution in [3.8, 4) is 0 Å². The Morgan fingerprint density at radius 2 is 2.00 bits per heavy atom. The molecule has 0 aromatic heterocycles. The van der Waals surface area contributed by atoms with E-state index in [0.717, 1.165) is 44.1 Å². The second-order valence-corrected chi connectivity index (χ2v) is 7.19. The molecular weight excluding hydrogens is 306 g/mol. The molecule has 0 fully saturated rings. The van der Waals surface area contributed by atoms with Crippen LogP contribution >= 0.6 is 0 Å². The van der Waals surface area contributed by atoms with Crippen LogP contribution in [0.5, 0.6) is 0 Å². The smallest absolute Gasteiger partial charge is 0.162 e. The fourth-order valence-electron chi connectivity index (χ4n) is 3.81.